The average Bonchev–Trinajstić information content (AvgIpc) is 3.53. The first-order valence-corrected chi connectivity index (χ1v) is 13.2. The van der Waals surface area contributed by atoms with Crippen LogP contribution in [0.2, 0.25) is 5.02 Å². The number of carbonyl (C=O) groups is 3. The van der Waals surface area contributed by atoms with E-state index in [0.717, 1.165) is 35.2 Å². The zero-order valence-corrected chi connectivity index (χ0v) is 22.5. The van der Waals surface area contributed by atoms with Gasteiger partial charge < -0.3 is 25.6 Å². The van der Waals surface area contributed by atoms with Gasteiger partial charge in [0.15, 0.2) is 5.82 Å². The number of aliphatic hydroxyl groups is 1. The fourth-order valence-electron chi connectivity index (χ4n) is 5.18. The molecular formula is C27H25ClF3N5O6. The topological polar surface area (TPSA) is 146 Å². The Kier molecular flexibility index (Phi) is 8.12. The van der Waals surface area contributed by atoms with Gasteiger partial charge in [0, 0.05) is 42.4 Å². The third-order valence-electron chi connectivity index (χ3n) is 7.23. The molecular weight excluding hydrogens is 583 g/mol. The zero-order valence-electron chi connectivity index (χ0n) is 21.8. The molecule has 0 aliphatic carbocycles. The lowest BCUT2D eigenvalue weighted by atomic mass is 9.93. The van der Waals surface area contributed by atoms with Gasteiger partial charge in [-0.3, -0.25) is 19.2 Å². The van der Waals surface area contributed by atoms with Crippen LogP contribution < -0.4 is 15.5 Å². The molecule has 0 bridgehead atoms. The van der Waals surface area contributed by atoms with Gasteiger partial charge in [-0.1, -0.05) is 11.6 Å². The number of halogens is 4. The van der Waals surface area contributed by atoms with Crippen LogP contribution in [0, 0.1) is 17.5 Å². The second kappa shape index (κ2) is 11.6. The second-order valence-corrected chi connectivity index (χ2v) is 10.5. The molecule has 4 N–H and O–H groups in total. The Morgan fingerprint density at radius 2 is 1.93 bits per heavy atom. The smallest absolute Gasteiger partial charge is 0.404 e. The highest BCUT2D eigenvalue weighted by Gasteiger charge is 2.52. The molecule has 3 aromatic rings. The summed E-state index contributed by atoms with van der Waals surface area (Å²) in [6.45, 7) is -0.241. The van der Waals surface area contributed by atoms with E-state index in [1.165, 1.54) is 23.0 Å². The van der Waals surface area contributed by atoms with Gasteiger partial charge in [-0.15, -0.1) is 0 Å². The monoisotopic (exact) mass is 607 g/mol. The van der Waals surface area contributed by atoms with Crippen molar-refractivity contribution in [1.29, 1.82) is 0 Å². The molecule has 42 heavy (non-hydrogen) atoms. The predicted octanol–water partition coefficient (Wildman–Crippen LogP) is 3.08. The van der Waals surface area contributed by atoms with Crippen molar-refractivity contribution in [1.82, 2.24) is 20.4 Å². The summed E-state index contributed by atoms with van der Waals surface area (Å²) in [5.41, 5.74) is -2.17. The number of hydrogen-bond acceptors (Lipinski definition) is 6. The van der Waals surface area contributed by atoms with Gasteiger partial charge >= 0.3 is 6.09 Å². The van der Waals surface area contributed by atoms with Gasteiger partial charge in [0.2, 0.25) is 5.60 Å². The molecule has 2 fully saturated rings. The fourth-order valence-corrected chi connectivity index (χ4v) is 5.43. The maximum absolute atomic E-state index is 14.4. The molecule has 5 rings (SSSR count). The van der Waals surface area contributed by atoms with Crippen molar-refractivity contribution < 1.29 is 42.5 Å². The van der Waals surface area contributed by atoms with Crippen LogP contribution in [0.5, 0.6) is 0 Å². The Bertz CT molecular complexity index is 1520. The lowest BCUT2D eigenvalue weighted by Gasteiger charge is -2.36. The molecule has 0 radical (unpaired) electrons. The third kappa shape index (κ3) is 5.91. The Hall–Kier alpha value is -4.14. The SMILES string of the molecule is O=C(O)N[C@H]1C[C@@H](n2ccc(N3CC[C@](O)(C(=O)NCc4cc(F)cc(Cl)c4)C3=O)n2)CO[C@@H]1c1cc(F)ccc1F. The van der Waals surface area contributed by atoms with Crippen molar-refractivity contribution >= 4 is 35.3 Å². The minimum atomic E-state index is -2.38. The molecule has 222 valence electrons. The molecule has 2 aliphatic heterocycles. The van der Waals surface area contributed by atoms with Gasteiger partial charge in [0.25, 0.3) is 11.8 Å². The Morgan fingerprint density at radius 1 is 1.14 bits per heavy atom. The van der Waals surface area contributed by atoms with E-state index in [1.54, 1.807) is 0 Å². The predicted molar refractivity (Wildman–Crippen MR) is 141 cm³/mol. The van der Waals surface area contributed by atoms with Crippen molar-refractivity contribution in [2.45, 2.75) is 43.2 Å². The van der Waals surface area contributed by atoms with Crippen LogP contribution >= 0.6 is 11.6 Å². The highest BCUT2D eigenvalue weighted by molar-refractivity contribution is 6.30. The van der Waals surface area contributed by atoms with E-state index in [0.29, 0.717) is 5.56 Å². The largest absolute Gasteiger partial charge is 0.465 e. The maximum atomic E-state index is 14.4. The van der Waals surface area contributed by atoms with Crippen LogP contribution in [0.25, 0.3) is 0 Å². The van der Waals surface area contributed by atoms with Crippen LogP contribution in [-0.2, 0) is 20.9 Å². The van der Waals surface area contributed by atoms with E-state index in [1.807, 2.05) is 0 Å². The van der Waals surface area contributed by atoms with Gasteiger partial charge in [0.05, 0.1) is 18.7 Å². The van der Waals surface area contributed by atoms with Crippen molar-refractivity contribution in [2.75, 3.05) is 18.1 Å². The Labute approximate surface area is 241 Å². The molecule has 2 saturated heterocycles. The van der Waals surface area contributed by atoms with Gasteiger partial charge in [-0.2, -0.15) is 5.10 Å². The minimum Gasteiger partial charge on any atom is -0.465 e. The average molecular weight is 608 g/mol. The third-order valence-corrected chi connectivity index (χ3v) is 7.44. The molecule has 3 heterocycles. The van der Waals surface area contributed by atoms with Crippen molar-refractivity contribution in [2.24, 2.45) is 0 Å². The van der Waals surface area contributed by atoms with E-state index in [4.69, 9.17) is 16.3 Å². The molecule has 0 saturated carbocycles. The normalized spacial score (nSPS) is 24.1. The van der Waals surface area contributed by atoms with Crippen LogP contribution in [0.4, 0.5) is 23.8 Å². The summed E-state index contributed by atoms with van der Waals surface area (Å²) < 4.78 is 49.0. The fraction of sp³-hybridized carbons (Fsp3) is 0.333. The molecule has 2 aromatic carbocycles. The van der Waals surface area contributed by atoms with E-state index in [2.05, 4.69) is 15.7 Å². The lowest BCUT2D eigenvalue weighted by molar-refractivity contribution is -0.149. The van der Waals surface area contributed by atoms with Crippen molar-refractivity contribution in [3.05, 3.63) is 82.3 Å². The number of benzene rings is 2. The second-order valence-electron chi connectivity index (χ2n) is 10.0. The zero-order chi connectivity index (χ0) is 30.2. The first kappa shape index (κ1) is 29.4. The molecule has 3 amide bonds. The van der Waals surface area contributed by atoms with E-state index in [9.17, 15) is 37.8 Å². The van der Waals surface area contributed by atoms with Gasteiger partial charge in [-0.05, 0) is 48.4 Å². The molecule has 11 nitrogen and oxygen atoms in total. The first-order valence-electron chi connectivity index (χ1n) is 12.8. The Morgan fingerprint density at radius 3 is 2.67 bits per heavy atom. The molecule has 4 atom stereocenters. The highest BCUT2D eigenvalue weighted by Crippen LogP contribution is 2.36. The standard InChI is InChI=1S/C27H25ClF3N5O6/c28-15-7-14(8-17(30)9-15)12-32-24(37)27(41)4-6-35(25(27)38)22-3-5-36(34-22)18-11-21(33-26(39)40)23(42-13-18)19-10-16(29)1-2-20(19)31/h1-3,5,7-10,18,21,23,33,41H,4,6,11-13H2,(H,32,37)(H,39,40)/t18-,21+,23-,27+/m1/s1. The summed E-state index contributed by atoms with van der Waals surface area (Å²) in [6, 6.07) is 6.50. The van der Waals surface area contributed by atoms with E-state index < -0.39 is 59.1 Å². The van der Waals surface area contributed by atoms with Crippen molar-refractivity contribution in [3.8, 4) is 0 Å². The summed E-state index contributed by atoms with van der Waals surface area (Å²) in [5, 5.41) is 29.5. The number of hydrogen-bond donors (Lipinski definition) is 4. The maximum Gasteiger partial charge on any atom is 0.404 e. The Balaban J connectivity index is 1.27. The van der Waals surface area contributed by atoms with Crippen LogP contribution in [0.15, 0.2) is 48.7 Å². The number of carboxylic acid groups (broad SMARTS) is 1. The number of ether oxygens (including phenoxy) is 1. The summed E-state index contributed by atoms with van der Waals surface area (Å²) >= 11 is 5.83. The summed E-state index contributed by atoms with van der Waals surface area (Å²) in [7, 11) is 0. The molecule has 0 spiro atoms. The lowest BCUT2D eigenvalue weighted by Crippen LogP contribution is -2.52. The number of carbonyl (C=O) groups excluding carboxylic acids is 2. The number of nitrogens with one attached hydrogen (secondary N) is 2. The van der Waals surface area contributed by atoms with Gasteiger partial charge in [0.1, 0.15) is 23.6 Å². The number of anilines is 1. The summed E-state index contributed by atoms with van der Waals surface area (Å²) in [5.74, 6) is -3.80. The van der Waals surface area contributed by atoms with E-state index >= 15 is 0 Å². The number of amides is 3. The number of rotatable bonds is 7. The quantitative estimate of drug-likeness (QED) is 0.302. The highest BCUT2D eigenvalue weighted by atomic mass is 35.5. The van der Waals surface area contributed by atoms with Crippen LogP contribution in [-0.4, -0.2) is 62.7 Å². The molecule has 1 aromatic heterocycles. The van der Waals surface area contributed by atoms with Crippen molar-refractivity contribution in [3.63, 3.8) is 0 Å². The minimum absolute atomic E-state index is 0.0309. The number of aromatic nitrogens is 2. The summed E-state index contributed by atoms with van der Waals surface area (Å²) in [6.07, 6.45) is -1.10. The molecule has 15 heteroatoms. The van der Waals surface area contributed by atoms with Crippen LogP contribution in [0.3, 0.4) is 0 Å². The number of nitrogens with zero attached hydrogens (tertiary/aromatic N) is 3. The van der Waals surface area contributed by atoms with Crippen LogP contribution in [0.1, 0.15) is 36.1 Å². The van der Waals surface area contributed by atoms with Gasteiger partial charge in [-0.25, -0.2) is 18.0 Å². The first-order chi connectivity index (χ1) is 19.9. The molecule has 2 aliphatic rings. The van der Waals surface area contributed by atoms with E-state index in [-0.39, 0.29) is 48.9 Å². The molecule has 0 unspecified atom stereocenters. The summed E-state index contributed by atoms with van der Waals surface area (Å²) in [4.78, 5) is 38.5.